The Morgan fingerprint density at radius 2 is 1.55 bits per heavy atom. The fraction of sp³-hybridized carbons (Fsp3) is 0.280. The van der Waals surface area contributed by atoms with Crippen LogP contribution in [0.3, 0.4) is 0 Å². The summed E-state index contributed by atoms with van der Waals surface area (Å²) in [7, 11) is 3.30. The van der Waals surface area contributed by atoms with Crippen molar-refractivity contribution in [1.82, 2.24) is 5.16 Å². The number of nitrogens with zero attached hydrogens (tertiary/aromatic N) is 1. The molecule has 1 aliphatic heterocycles. The lowest BCUT2D eigenvalue weighted by atomic mass is 9.72. The number of rotatable bonds is 4. The number of carbonyl (C=O) groups excluding carboxylic acids is 1. The summed E-state index contributed by atoms with van der Waals surface area (Å²) in [6.45, 7) is 1.92. The number of anilines is 1. The standard InChI is InChI=1S/C25H24N2O4/c1-14-22-23(16-6-10-19(30-3)11-7-16)24-20(26-25(22)31-27-14)12-17(13-21(24)28)15-4-8-18(29-2)9-5-15/h4-11,17,23,26H,12-13H2,1-3H3/t17-,23+/m0/s1. The van der Waals surface area contributed by atoms with E-state index < -0.39 is 0 Å². The molecule has 1 aromatic heterocycles. The zero-order chi connectivity index (χ0) is 21.5. The highest BCUT2D eigenvalue weighted by atomic mass is 16.5. The molecule has 1 N–H and O–H groups in total. The van der Waals surface area contributed by atoms with Crippen LogP contribution in [0.2, 0.25) is 0 Å². The van der Waals surface area contributed by atoms with E-state index in [1.54, 1.807) is 14.2 Å². The minimum atomic E-state index is -0.201. The average Bonchev–Trinajstić information content (AvgIpc) is 3.18. The Bertz CT molecular complexity index is 1160. The van der Waals surface area contributed by atoms with E-state index in [4.69, 9.17) is 14.0 Å². The molecular formula is C25H24N2O4. The first kappa shape index (κ1) is 19.4. The van der Waals surface area contributed by atoms with Crippen LogP contribution in [-0.4, -0.2) is 25.2 Å². The fourth-order valence-corrected chi connectivity index (χ4v) is 4.71. The molecule has 2 aliphatic rings. The summed E-state index contributed by atoms with van der Waals surface area (Å²) in [5.74, 6) is 2.27. The molecule has 1 aliphatic carbocycles. The molecule has 2 atom stereocenters. The van der Waals surface area contributed by atoms with E-state index in [2.05, 4.69) is 10.5 Å². The van der Waals surface area contributed by atoms with Gasteiger partial charge in [0, 0.05) is 23.6 Å². The zero-order valence-electron chi connectivity index (χ0n) is 17.8. The first-order valence-corrected chi connectivity index (χ1v) is 10.4. The monoisotopic (exact) mass is 416 g/mol. The summed E-state index contributed by atoms with van der Waals surface area (Å²) in [5, 5.41) is 7.55. The van der Waals surface area contributed by atoms with E-state index in [1.807, 2.05) is 55.5 Å². The van der Waals surface area contributed by atoms with Crippen LogP contribution in [-0.2, 0) is 4.79 Å². The van der Waals surface area contributed by atoms with Gasteiger partial charge in [-0.25, -0.2) is 0 Å². The van der Waals surface area contributed by atoms with Crippen molar-refractivity contribution in [3.8, 4) is 11.5 Å². The molecule has 0 saturated carbocycles. The van der Waals surface area contributed by atoms with Gasteiger partial charge in [-0.1, -0.05) is 29.4 Å². The Morgan fingerprint density at radius 1 is 0.935 bits per heavy atom. The second-order valence-corrected chi connectivity index (χ2v) is 8.04. The summed E-state index contributed by atoms with van der Waals surface area (Å²) < 4.78 is 16.2. The molecule has 6 heteroatoms. The number of carbonyl (C=O) groups is 1. The zero-order valence-corrected chi connectivity index (χ0v) is 17.8. The first-order chi connectivity index (χ1) is 15.1. The predicted molar refractivity (Wildman–Crippen MR) is 117 cm³/mol. The van der Waals surface area contributed by atoms with Crippen molar-refractivity contribution in [2.24, 2.45) is 0 Å². The number of ether oxygens (including phenoxy) is 2. The molecule has 31 heavy (non-hydrogen) atoms. The molecule has 0 bridgehead atoms. The normalized spacial score (nSPS) is 20.0. The lowest BCUT2D eigenvalue weighted by Gasteiger charge is -2.34. The SMILES string of the molecule is COc1ccc([C@@H]2CC(=O)C3=C(C2)Nc2onc(C)c2[C@H]3c2ccc(OC)cc2)cc1. The molecule has 158 valence electrons. The van der Waals surface area contributed by atoms with Crippen molar-refractivity contribution in [3.05, 3.63) is 82.2 Å². The van der Waals surface area contributed by atoms with Crippen molar-refractivity contribution >= 4 is 11.7 Å². The van der Waals surface area contributed by atoms with Gasteiger partial charge >= 0.3 is 0 Å². The van der Waals surface area contributed by atoms with Crippen LogP contribution >= 0.6 is 0 Å². The second kappa shape index (κ2) is 7.61. The van der Waals surface area contributed by atoms with E-state index in [0.29, 0.717) is 12.3 Å². The number of hydrogen-bond acceptors (Lipinski definition) is 6. The lowest BCUT2D eigenvalue weighted by molar-refractivity contribution is -0.116. The van der Waals surface area contributed by atoms with Gasteiger partial charge < -0.3 is 19.3 Å². The third kappa shape index (κ3) is 3.28. The Hall–Kier alpha value is -3.54. The van der Waals surface area contributed by atoms with Gasteiger partial charge in [0.2, 0.25) is 5.88 Å². The lowest BCUT2D eigenvalue weighted by Crippen LogP contribution is -2.29. The molecule has 3 aromatic rings. The maximum Gasteiger partial charge on any atom is 0.233 e. The molecule has 2 aromatic carbocycles. The largest absolute Gasteiger partial charge is 0.497 e. The summed E-state index contributed by atoms with van der Waals surface area (Å²) in [5.41, 5.74) is 5.61. The molecule has 0 saturated heterocycles. The predicted octanol–water partition coefficient (Wildman–Crippen LogP) is 4.96. The molecule has 6 nitrogen and oxygen atoms in total. The number of ketones is 1. The molecule has 0 radical (unpaired) electrons. The molecule has 0 amide bonds. The summed E-state index contributed by atoms with van der Waals surface area (Å²) >= 11 is 0. The van der Waals surface area contributed by atoms with Gasteiger partial charge in [-0.2, -0.15) is 0 Å². The summed E-state index contributed by atoms with van der Waals surface area (Å²) in [4.78, 5) is 13.5. The number of methoxy groups -OCH3 is 2. The maximum absolute atomic E-state index is 13.5. The number of aromatic nitrogens is 1. The Balaban J connectivity index is 1.56. The van der Waals surface area contributed by atoms with Crippen LogP contribution in [0.4, 0.5) is 5.88 Å². The number of aryl methyl sites for hydroxylation is 1. The highest BCUT2D eigenvalue weighted by molar-refractivity contribution is 6.01. The molecule has 2 heterocycles. The number of fused-ring (bicyclic) bond motifs is 1. The quantitative estimate of drug-likeness (QED) is 0.648. The first-order valence-electron chi connectivity index (χ1n) is 10.4. The van der Waals surface area contributed by atoms with Crippen molar-refractivity contribution in [3.63, 3.8) is 0 Å². The number of benzene rings is 2. The molecule has 0 unspecified atom stereocenters. The molecule has 0 fully saturated rings. The Morgan fingerprint density at radius 3 is 2.16 bits per heavy atom. The van der Waals surface area contributed by atoms with Crippen molar-refractivity contribution < 1.29 is 18.8 Å². The van der Waals surface area contributed by atoms with E-state index >= 15 is 0 Å². The Kier molecular flexibility index (Phi) is 4.77. The highest BCUT2D eigenvalue weighted by Crippen LogP contribution is 2.49. The van der Waals surface area contributed by atoms with Gasteiger partial charge in [0.05, 0.1) is 25.5 Å². The van der Waals surface area contributed by atoms with Gasteiger partial charge in [0.25, 0.3) is 0 Å². The Labute approximate surface area is 180 Å². The van der Waals surface area contributed by atoms with Crippen LogP contribution in [0.5, 0.6) is 11.5 Å². The molecule has 5 rings (SSSR count). The average molecular weight is 416 g/mol. The number of hydrogen-bond donors (Lipinski definition) is 1. The second-order valence-electron chi connectivity index (χ2n) is 8.04. The van der Waals surface area contributed by atoms with Gasteiger partial charge in [0.15, 0.2) is 5.78 Å². The van der Waals surface area contributed by atoms with Crippen LogP contribution in [0.25, 0.3) is 0 Å². The summed E-state index contributed by atoms with van der Waals surface area (Å²) in [6, 6.07) is 15.8. The third-order valence-corrected chi connectivity index (χ3v) is 6.29. The third-order valence-electron chi connectivity index (χ3n) is 6.29. The number of Topliss-reactive ketones (excluding diaryl/α,β-unsaturated/α-hetero) is 1. The number of nitrogens with one attached hydrogen (secondary N) is 1. The minimum absolute atomic E-state index is 0.103. The van der Waals surface area contributed by atoms with Crippen LogP contribution in [0.1, 0.15) is 47.1 Å². The van der Waals surface area contributed by atoms with Gasteiger partial charge in [-0.05, 0) is 54.7 Å². The topological polar surface area (TPSA) is 73.6 Å². The highest BCUT2D eigenvalue weighted by Gasteiger charge is 2.41. The van der Waals surface area contributed by atoms with E-state index in [-0.39, 0.29) is 17.6 Å². The van der Waals surface area contributed by atoms with Gasteiger partial charge in [-0.15, -0.1) is 0 Å². The van der Waals surface area contributed by atoms with Crippen LogP contribution in [0.15, 0.2) is 64.3 Å². The maximum atomic E-state index is 13.5. The molecule has 0 spiro atoms. The van der Waals surface area contributed by atoms with E-state index in [0.717, 1.165) is 51.6 Å². The summed E-state index contributed by atoms with van der Waals surface area (Å²) in [6.07, 6.45) is 1.21. The fourth-order valence-electron chi connectivity index (χ4n) is 4.71. The van der Waals surface area contributed by atoms with Crippen LogP contribution in [0, 0.1) is 6.92 Å². The molecular weight excluding hydrogens is 392 g/mol. The van der Waals surface area contributed by atoms with E-state index in [1.165, 1.54) is 0 Å². The van der Waals surface area contributed by atoms with E-state index in [9.17, 15) is 4.79 Å². The van der Waals surface area contributed by atoms with Crippen molar-refractivity contribution in [1.29, 1.82) is 0 Å². The van der Waals surface area contributed by atoms with Gasteiger partial charge in [-0.3, -0.25) is 4.79 Å². The van der Waals surface area contributed by atoms with Crippen molar-refractivity contribution in [2.45, 2.75) is 31.6 Å². The number of allylic oxidation sites excluding steroid dienone is 2. The van der Waals surface area contributed by atoms with Crippen molar-refractivity contribution in [2.75, 3.05) is 19.5 Å². The minimum Gasteiger partial charge on any atom is -0.497 e. The van der Waals surface area contributed by atoms with Gasteiger partial charge in [0.1, 0.15) is 11.5 Å². The van der Waals surface area contributed by atoms with Crippen LogP contribution < -0.4 is 14.8 Å². The smallest absolute Gasteiger partial charge is 0.233 e.